The summed E-state index contributed by atoms with van der Waals surface area (Å²) in [5.41, 5.74) is 3.81. The van der Waals surface area contributed by atoms with Gasteiger partial charge in [0.25, 0.3) is 10.1 Å². The molecule has 1 unspecified atom stereocenters. The highest BCUT2D eigenvalue weighted by Crippen LogP contribution is 2.46. The molecule has 7 heteroatoms. The van der Waals surface area contributed by atoms with Crippen molar-refractivity contribution in [2.45, 2.75) is 38.4 Å². The van der Waals surface area contributed by atoms with Gasteiger partial charge in [-0.05, 0) is 55.2 Å². The molecule has 1 aliphatic rings. The molecular weight excluding hydrogens is 412 g/mol. The Balaban J connectivity index is 1.72. The van der Waals surface area contributed by atoms with Crippen LogP contribution in [0.4, 0.5) is 11.4 Å². The minimum absolute atomic E-state index is 0.189. The Labute approximate surface area is 183 Å². The molecule has 0 bridgehead atoms. The van der Waals surface area contributed by atoms with Gasteiger partial charge in [-0.3, -0.25) is 9.54 Å². The molecule has 1 atom stereocenters. The summed E-state index contributed by atoms with van der Waals surface area (Å²) in [5.74, 6) is 1.43. The molecule has 2 aromatic carbocycles. The summed E-state index contributed by atoms with van der Waals surface area (Å²) >= 11 is 0. The Morgan fingerprint density at radius 1 is 0.935 bits per heavy atom. The van der Waals surface area contributed by atoms with Crippen molar-refractivity contribution >= 4 is 21.5 Å². The minimum Gasteiger partial charge on any atom is -0.453 e. The number of hydrogen-bond acceptors (Lipinski definition) is 5. The number of fused-ring (bicyclic) bond motifs is 2. The van der Waals surface area contributed by atoms with Crippen LogP contribution in [-0.4, -0.2) is 24.5 Å². The van der Waals surface area contributed by atoms with Crippen LogP contribution in [0, 0.1) is 0 Å². The van der Waals surface area contributed by atoms with Gasteiger partial charge >= 0.3 is 0 Å². The molecule has 162 valence electrons. The molecule has 0 fully saturated rings. The first-order valence-corrected chi connectivity index (χ1v) is 12.0. The number of pyridine rings is 1. The van der Waals surface area contributed by atoms with E-state index in [9.17, 15) is 13.0 Å². The van der Waals surface area contributed by atoms with Gasteiger partial charge in [0, 0.05) is 12.2 Å². The normalized spacial score (nSPS) is 13.8. The second-order valence-electron chi connectivity index (χ2n) is 7.54. The highest BCUT2D eigenvalue weighted by Gasteiger charge is 2.31. The van der Waals surface area contributed by atoms with Gasteiger partial charge in [0.1, 0.15) is 5.25 Å². The lowest BCUT2D eigenvalue weighted by molar-refractivity contribution is 0.459. The van der Waals surface area contributed by atoms with E-state index in [2.05, 4.69) is 4.98 Å². The number of aryl methyl sites for hydroxylation is 2. The van der Waals surface area contributed by atoms with Crippen LogP contribution in [0.2, 0.25) is 0 Å². The van der Waals surface area contributed by atoms with E-state index in [1.54, 1.807) is 0 Å². The van der Waals surface area contributed by atoms with E-state index < -0.39 is 15.4 Å². The van der Waals surface area contributed by atoms with Gasteiger partial charge in [0.05, 0.1) is 17.1 Å². The third-order valence-corrected chi connectivity index (χ3v) is 6.80. The molecule has 0 saturated heterocycles. The fourth-order valence-corrected chi connectivity index (χ4v) is 4.91. The van der Waals surface area contributed by atoms with E-state index in [-0.39, 0.29) is 6.42 Å². The molecule has 1 aromatic heterocycles. The Kier molecular flexibility index (Phi) is 5.98. The smallest absolute Gasteiger partial charge is 0.273 e. The first-order valence-electron chi connectivity index (χ1n) is 10.5. The summed E-state index contributed by atoms with van der Waals surface area (Å²) in [6, 6.07) is 19.1. The number of benzene rings is 2. The summed E-state index contributed by atoms with van der Waals surface area (Å²) in [4.78, 5) is 6.64. The van der Waals surface area contributed by atoms with Crippen LogP contribution in [0.5, 0.6) is 11.5 Å². The van der Waals surface area contributed by atoms with Crippen LogP contribution in [0.1, 0.15) is 42.5 Å². The average molecular weight is 439 g/mol. The van der Waals surface area contributed by atoms with Crippen molar-refractivity contribution in [3.8, 4) is 11.5 Å². The summed E-state index contributed by atoms with van der Waals surface area (Å²) < 4.78 is 41.0. The monoisotopic (exact) mass is 438 g/mol. The molecule has 0 amide bonds. The molecule has 0 saturated carbocycles. The van der Waals surface area contributed by atoms with Crippen molar-refractivity contribution in [2.24, 2.45) is 0 Å². The number of para-hydroxylation sites is 4. The topological polar surface area (TPSA) is 79.7 Å². The molecule has 31 heavy (non-hydrogen) atoms. The quantitative estimate of drug-likeness (QED) is 0.493. The lowest BCUT2D eigenvalue weighted by Crippen LogP contribution is -2.26. The third kappa shape index (κ3) is 4.29. The molecule has 0 aliphatic carbocycles. The van der Waals surface area contributed by atoms with Gasteiger partial charge < -0.3 is 9.64 Å². The maximum absolute atomic E-state index is 12.4. The predicted molar refractivity (Wildman–Crippen MR) is 122 cm³/mol. The lowest BCUT2D eigenvalue weighted by Gasteiger charge is -2.33. The van der Waals surface area contributed by atoms with Crippen molar-refractivity contribution in [3.63, 3.8) is 0 Å². The van der Waals surface area contributed by atoms with Gasteiger partial charge in [-0.2, -0.15) is 8.42 Å². The van der Waals surface area contributed by atoms with Crippen molar-refractivity contribution in [1.29, 1.82) is 0 Å². The molecule has 2 heterocycles. The standard InChI is InChI=1S/C24H26N2O4S/c1-3-17-13-14-18(4-2)25-24(17)23(31(27,28)29)15-16-26-19-9-5-7-11-21(19)30-22-12-8-6-10-20(22)26/h5-14,23H,3-4,15-16H2,1-2H3,(H,27,28,29). The van der Waals surface area contributed by atoms with Crippen LogP contribution >= 0.6 is 0 Å². The molecule has 0 spiro atoms. The number of rotatable bonds is 7. The van der Waals surface area contributed by atoms with Crippen molar-refractivity contribution in [1.82, 2.24) is 4.98 Å². The number of aromatic nitrogens is 1. The Bertz CT molecular complexity index is 1150. The van der Waals surface area contributed by atoms with Crippen molar-refractivity contribution in [3.05, 3.63) is 77.6 Å². The van der Waals surface area contributed by atoms with Gasteiger partial charge in [0.2, 0.25) is 0 Å². The highest BCUT2D eigenvalue weighted by atomic mass is 32.2. The second kappa shape index (κ2) is 8.69. The van der Waals surface area contributed by atoms with Gasteiger partial charge in [-0.25, -0.2) is 0 Å². The number of hydrogen-bond donors (Lipinski definition) is 1. The summed E-state index contributed by atoms with van der Waals surface area (Å²) in [6.45, 7) is 4.31. The number of ether oxygens (including phenoxy) is 1. The molecule has 6 nitrogen and oxygen atoms in total. The van der Waals surface area contributed by atoms with Crippen LogP contribution in [0.25, 0.3) is 0 Å². The fraction of sp³-hybridized carbons (Fsp3) is 0.292. The Morgan fingerprint density at radius 2 is 1.55 bits per heavy atom. The second-order valence-corrected chi connectivity index (χ2v) is 9.13. The molecule has 1 aliphatic heterocycles. The van der Waals surface area contributed by atoms with Crippen molar-refractivity contribution in [2.75, 3.05) is 11.4 Å². The SMILES string of the molecule is CCc1ccc(CC)c(C(CCN2c3ccccc3Oc3ccccc32)S(=O)(=O)O)n1. The molecular formula is C24H26N2O4S. The van der Waals surface area contributed by atoms with E-state index in [1.165, 1.54) is 0 Å². The first kappa shape index (κ1) is 21.3. The molecule has 4 rings (SSSR count). The largest absolute Gasteiger partial charge is 0.453 e. The van der Waals surface area contributed by atoms with Crippen LogP contribution in [-0.2, 0) is 23.0 Å². The van der Waals surface area contributed by atoms with E-state index in [4.69, 9.17) is 4.74 Å². The van der Waals surface area contributed by atoms with Crippen LogP contribution < -0.4 is 9.64 Å². The lowest BCUT2D eigenvalue weighted by atomic mass is 10.0. The molecule has 0 radical (unpaired) electrons. The first-order chi connectivity index (χ1) is 14.9. The van der Waals surface area contributed by atoms with Gasteiger partial charge in [0.15, 0.2) is 11.5 Å². The number of anilines is 2. The van der Waals surface area contributed by atoms with Crippen LogP contribution in [0.3, 0.4) is 0 Å². The number of nitrogens with zero attached hydrogens (tertiary/aromatic N) is 2. The Hall–Kier alpha value is -2.90. The zero-order valence-corrected chi connectivity index (χ0v) is 18.5. The van der Waals surface area contributed by atoms with E-state index in [0.717, 1.165) is 22.6 Å². The molecule has 1 N–H and O–H groups in total. The summed E-state index contributed by atoms with van der Waals surface area (Å²) in [7, 11) is -4.35. The van der Waals surface area contributed by atoms with E-state index in [1.807, 2.05) is 79.4 Å². The maximum Gasteiger partial charge on any atom is 0.273 e. The summed E-state index contributed by atoms with van der Waals surface area (Å²) in [5, 5.41) is -1.10. The van der Waals surface area contributed by atoms with Gasteiger partial charge in [-0.1, -0.05) is 44.2 Å². The maximum atomic E-state index is 12.4. The fourth-order valence-electron chi connectivity index (χ4n) is 4.02. The van der Waals surface area contributed by atoms with Crippen LogP contribution in [0.15, 0.2) is 60.7 Å². The van der Waals surface area contributed by atoms with Crippen molar-refractivity contribution < 1.29 is 17.7 Å². The average Bonchev–Trinajstić information content (AvgIpc) is 2.77. The minimum atomic E-state index is -4.35. The Morgan fingerprint density at radius 3 is 2.10 bits per heavy atom. The van der Waals surface area contributed by atoms with Gasteiger partial charge in [-0.15, -0.1) is 0 Å². The van der Waals surface area contributed by atoms with E-state index >= 15 is 0 Å². The highest BCUT2D eigenvalue weighted by molar-refractivity contribution is 7.86. The third-order valence-electron chi connectivity index (χ3n) is 5.62. The zero-order chi connectivity index (χ0) is 22.0. The predicted octanol–water partition coefficient (Wildman–Crippen LogP) is 5.47. The summed E-state index contributed by atoms with van der Waals surface area (Å²) in [6.07, 6.45) is 1.52. The zero-order valence-electron chi connectivity index (χ0n) is 17.7. The molecule has 3 aromatic rings. The van der Waals surface area contributed by atoms with E-state index in [0.29, 0.717) is 36.6 Å².